The highest BCUT2D eigenvalue weighted by molar-refractivity contribution is 5.95. The van der Waals surface area contributed by atoms with Gasteiger partial charge in [-0.25, -0.2) is 0 Å². The normalized spacial score (nSPS) is 14.2. The molecule has 0 N–H and O–H groups in total. The molecule has 0 atom stereocenters. The first-order valence-electron chi connectivity index (χ1n) is 8.43. The number of benzene rings is 2. The van der Waals surface area contributed by atoms with Gasteiger partial charge in [0.2, 0.25) is 0 Å². The Hall–Kier alpha value is -3.09. The predicted molar refractivity (Wildman–Crippen MR) is 98.9 cm³/mol. The lowest BCUT2D eigenvalue weighted by atomic mass is 10.1. The summed E-state index contributed by atoms with van der Waals surface area (Å²) in [5, 5.41) is 10.9. The fourth-order valence-electron chi connectivity index (χ4n) is 3.14. The van der Waals surface area contributed by atoms with Crippen LogP contribution in [0.3, 0.4) is 0 Å². The number of amides is 1. The second-order valence-electron chi connectivity index (χ2n) is 6.24. The van der Waals surface area contributed by atoms with Gasteiger partial charge in [-0.2, -0.15) is 0 Å². The summed E-state index contributed by atoms with van der Waals surface area (Å²) in [5.74, 6) is 0.730. The van der Waals surface area contributed by atoms with Crippen LogP contribution < -0.4 is 9.64 Å². The van der Waals surface area contributed by atoms with Gasteiger partial charge in [0.1, 0.15) is 5.75 Å². The number of nitro groups is 1. The smallest absolute Gasteiger partial charge is 0.272 e. The van der Waals surface area contributed by atoms with Crippen molar-refractivity contribution >= 4 is 17.3 Å². The SMILES string of the molecule is COc1ccc(N2CCN(C(=O)c3ccc([N+](=O)[O-])c(C)c3)CC2)cc1. The zero-order valence-corrected chi connectivity index (χ0v) is 14.8. The van der Waals surface area contributed by atoms with E-state index in [0.29, 0.717) is 24.2 Å². The van der Waals surface area contributed by atoms with Crippen molar-refractivity contribution in [2.24, 2.45) is 0 Å². The summed E-state index contributed by atoms with van der Waals surface area (Å²) in [4.78, 5) is 27.2. The third kappa shape index (κ3) is 3.61. The van der Waals surface area contributed by atoms with Crippen LogP contribution in [0.1, 0.15) is 15.9 Å². The minimum Gasteiger partial charge on any atom is -0.497 e. The lowest BCUT2D eigenvalue weighted by molar-refractivity contribution is -0.385. The molecule has 1 fully saturated rings. The maximum absolute atomic E-state index is 12.7. The Kier molecular flexibility index (Phi) is 5.06. The molecule has 0 radical (unpaired) electrons. The lowest BCUT2D eigenvalue weighted by Crippen LogP contribution is -2.48. The highest BCUT2D eigenvalue weighted by Crippen LogP contribution is 2.22. The van der Waals surface area contributed by atoms with E-state index in [1.54, 1.807) is 25.0 Å². The summed E-state index contributed by atoms with van der Waals surface area (Å²) in [6, 6.07) is 12.4. The number of anilines is 1. The second kappa shape index (κ2) is 7.43. The third-order valence-electron chi connectivity index (χ3n) is 4.64. The Bertz CT molecular complexity index is 812. The largest absolute Gasteiger partial charge is 0.497 e. The molecule has 0 unspecified atom stereocenters. The molecule has 0 aromatic heterocycles. The van der Waals surface area contributed by atoms with Crippen LogP contribution in [0.2, 0.25) is 0 Å². The van der Waals surface area contributed by atoms with Gasteiger partial charge < -0.3 is 14.5 Å². The highest BCUT2D eigenvalue weighted by Gasteiger charge is 2.23. The van der Waals surface area contributed by atoms with E-state index in [1.165, 1.54) is 12.1 Å². The topological polar surface area (TPSA) is 75.9 Å². The zero-order chi connectivity index (χ0) is 18.7. The molecule has 1 saturated heterocycles. The van der Waals surface area contributed by atoms with E-state index in [0.717, 1.165) is 24.5 Å². The van der Waals surface area contributed by atoms with Crippen molar-refractivity contribution in [3.05, 3.63) is 63.7 Å². The molecular weight excluding hydrogens is 334 g/mol. The van der Waals surface area contributed by atoms with Crippen LogP contribution in [-0.2, 0) is 0 Å². The van der Waals surface area contributed by atoms with Crippen molar-refractivity contribution in [2.45, 2.75) is 6.92 Å². The maximum Gasteiger partial charge on any atom is 0.272 e. The molecule has 7 nitrogen and oxygen atoms in total. The molecule has 1 aliphatic heterocycles. The summed E-state index contributed by atoms with van der Waals surface area (Å²) >= 11 is 0. The van der Waals surface area contributed by atoms with E-state index >= 15 is 0 Å². The molecule has 1 heterocycles. The standard InChI is InChI=1S/C19H21N3O4/c1-14-13-15(3-8-18(14)22(24)25)19(23)21-11-9-20(10-12-21)16-4-6-17(26-2)7-5-16/h3-8,13H,9-12H2,1-2H3. The summed E-state index contributed by atoms with van der Waals surface area (Å²) in [6.07, 6.45) is 0. The van der Waals surface area contributed by atoms with Gasteiger partial charge in [-0.3, -0.25) is 14.9 Å². The minimum absolute atomic E-state index is 0.0332. The number of rotatable bonds is 4. The first-order chi connectivity index (χ1) is 12.5. The molecule has 1 amide bonds. The molecule has 2 aromatic carbocycles. The van der Waals surface area contributed by atoms with Gasteiger partial charge in [-0.05, 0) is 43.3 Å². The van der Waals surface area contributed by atoms with Crippen molar-refractivity contribution in [1.29, 1.82) is 0 Å². The van der Waals surface area contributed by atoms with Gasteiger partial charge in [0.05, 0.1) is 12.0 Å². The number of nitro benzene ring substituents is 1. The lowest BCUT2D eigenvalue weighted by Gasteiger charge is -2.36. The molecule has 0 saturated carbocycles. The molecule has 136 valence electrons. The monoisotopic (exact) mass is 355 g/mol. The number of piperazine rings is 1. The van der Waals surface area contributed by atoms with Crippen LogP contribution in [0.4, 0.5) is 11.4 Å². The number of nitrogens with zero attached hydrogens (tertiary/aromatic N) is 3. The fourth-order valence-corrected chi connectivity index (χ4v) is 3.14. The number of aryl methyl sites for hydroxylation is 1. The number of carbonyl (C=O) groups excluding carboxylic acids is 1. The van der Waals surface area contributed by atoms with Gasteiger partial charge in [-0.15, -0.1) is 0 Å². The molecular formula is C19H21N3O4. The second-order valence-corrected chi connectivity index (χ2v) is 6.24. The Labute approximate surface area is 151 Å². The Balaban J connectivity index is 1.64. The van der Waals surface area contributed by atoms with E-state index < -0.39 is 4.92 Å². The molecule has 7 heteroatoms. The third-order valence-corrected chi connectivity index (χ3v) is 4.64. The fraction of sp³-hybridized carbons (Fsp3) is 0.316. The van der Waals surface area contributed by atoms with Gasteiger partial charge in [-0.1, -0.05) is 0 Å². The van der Waals surface area contributed by atoms with Crippen molar-refractivity contribution < 1.29 is 14.5 Å². The minimum atomic E-state index is -0.433. The average molecular weight is 355 g/mol. The van der Waals surface area contributed by atoms with E-state index in [-0.39, 0.29) is 11.6 Å². The van der Waals surface area contributed by atoms with Crippen LogP contribution >= 0.6 is 0 Å². The Morgan fingerprint density at radius 1 is 1.08 bits per heavy atom. The molecule has 2 aromatic rings. The van der Waals surface area contributed by atoms with Crippen molar-refractivity contribution in [2.75, 3.05) is 38.2 Å². The molecule has 3 rings (SSSR count). The predicted octanol–water partition coefficient (Wildman–Crippen LogP) is 2.87. The molecule has 0 bridgehead atoms. The van der Waals surface area contributed by atoms with Crippen molar-refractivity contribution in [1.82, 2.24) is 4.90 Å². The van der Waals surface area contributed by atoms with Crippen LogP contribution in [0.25, 0.3) is 0 Å². The average Bonchev–Trinajstić information content (AvgIpc) is 2.67. The highest BCUT2D eigenvalue weighted by atomic mass is 16.6. The number of carbonyl (C=O) groups is 1. The van der Waals surface area contributed by atoms with Gasteiger partial charge in [0.25, 0.3) is 11.6 Å². The summed E-state index contributed by atoms with van der Waals surface area (Å²) in [7, 11) is 1.64. The molecule has 0 spiro atoms. The summed E-state index contributed by atoms with van der Waals surface area (Å²) in [5.41, 5.74) is 2.12. The molecule has 26 heavy (non-hydrogen) atoms. The van der Waals surface area contributed by atoms with Crippen molar-refractivity contribution in [3.63, 3.8) is 0 Å². The molecule has 0 aliphatic carbocycles. The first kappa shape index (κ1) is 17.7. The number of hydrogen-bond acceptors (Lipinski definition) is 5. The number of methoxy groups -OCH3 is 1. The van der Waals surface area contributed by atoms with Crippen LogP contribution in [0.5, 0.6) is 5.75 Å². The number of hydrogen-bond donors (Lipinski definition) is 0. The summed E-state index contributed by atoms with van der Waals surface area (Å²) in [6.45, 7) is 4.35. The van der Waals surface area contributed by atoms with E-state index in [4.69, 9.17) is 4.74 Å². The number of ether oxygens (including phenoxy) is 1. The maximum atomic E-state index is 12.7. The van der Waals surface area contributed by atoms with Crippen LogP contribution in [0.15, 0.2) is 42.5 Å². The van der Waals surface area contributed by atoms with Crippen LogP contribution in [0, 0.1) is 17.0 Å². The van der Waals surface area contributed by atoms with Crippen molar-refractivity contribution in [3.8, 4) is 5.75 Å². The first-order valence-corrected chi connectivity index (χ1v) is 8.43. The van der Waals surface area contributed by atoms with Gasteiger partial charge in [0, 0.05) is 49.1 Å². The van der Waals surface area contributed by atoms with E-state index in [9.17, 15) is 14.9 Å². The Morgan fingerprint density at radius 2 is 1.73 bits per heavy atom. The van der Waals surface area contributed by atoms with Gasteiger partial charge >= 0.3 is 0 Å². The Morgan fingerprint density at radius 3 is 2.27 bits per heavy atom. The summed E-state index contributed by atoms with van der Waals surface area (Å²) < 4.78 is 5.17. The van der Waals surface area contributed by atoms with E-state index in [1.807, 2.05) is 24.3 Å². The molecule has 1 aliphatic rings. The van der Waals surface area contributed by atoms with Crippen LogP contribution in [-0.4, -0.2) is 49.0 Å². The van der Waals surface area contributed by atoms with Gasteiger partial charge in [0.15, 0.2) is 0 Å². The zero-order valence-electron chi connectivity index (χ0n) is 14.8. The van der Waals surface area contributed by atoms with E-state index in [2.05, 4.69) is 4.90 Å². The quantitative estimate of drug-likeness (QED) is 0.623.